The highest BCUT2D eigenvalue weighted by Gasteiger charge is 2.59. The molecule has 45 heavy (non-hydrogen) atoms. The molecule has 0 bridgehead atoms. The number of aliphatic hydroxyl groups is 1. The second-order valence-corrected chi connectivity index (χ2v) is 11.4. The molecule has 3 aliphatic rings. The maximum Gasteiger partial charge on any atom is 0.303 e. The Bertz CT molecular complexity index is 1240. The van der Waals surface area contributed by atoms with Crippen molar-refractivity contribution in [3.8, 4) is 0 Å². The molecule has 1 aromatic rings. The van der Waals surface area contributed by atoms with Crippen molar-refractivity contribution in [3.05, 3.63) is 35.9 Å². The maximum atomic E-state index is 12.4. The molecule has 0 radical (unpaired) electrons. The zero-order valence-electron chi connectivity index (χ0n) is 26.1. The molecular weight excluding hydrogens is 594 g/mol. The van der Waals surface area contributed by atoms with Crippen LogP contribution in [-0.2, 0) is 58.9 Å². The molecule has 2 N–H and O–H groups in total. The summed E-state index contributed by atoms with van der Waals surface area (Å²) in [5.41, 5.74) is 0.943. The number of carbonyl (C=O) groups is 4. The van der Waals surface area contributed by atoms with Crippen molar-refractivity contribution in [2.75, 3.05) is 27.3 Å². The lowest BCUT2D eigenvalue weighted by Crippen LogP contribution is -2.67. The highest BCUT2D eigenvalue weighted by Crippen LogP contribution is 2.40. The van der Waals surface area contributed by atoms with Crippen LogP contribution in [0, 0.1) is 5.92 Å². The molecule has 0 aromatic heterocycles. The van der Waals surface area contributed by atoms with Crippen LogP contribution in [0.4, 0.5) is 0 Å². The van der Waals surface area contributed by atoms with E-state index >= 15 is 0 Å². The van der Waals surface area contributed by atoms with Crippen molar-refractivity contribution in [2.45, 2.75) is 89.3 Å². The van der Waals surface area contributed by atoms with Gasteiger partial charge in [-0.1, -0.05) is 30.3 Å². The third-order valence-electron chi connectivity index (χ3n) is 7.53. The van der Waals surface area contributed by atoms with Gasteiger partial charge in [0.25, 0.3) is 6.02 Å². The Kier molecular flexibility index (Phi) is 11.4. The molecule has 15 heteroatoms. The Morgan fingerprint density at radius 3 is 2.20 bits per heavy atom. The Morgan fingerprint density at radius 1 is 0.933 bits per heavy atom. The fraction of sp³-hybridized carbons (Fsp3) is 0.633. The van der Waals surface area contributed by atoms with Gasteiger partial charge in [0.2, 0.25) is 5.91 Å². The highest BCUT2D eigenvalue weighted by molar-refractivity contribution is 5.76. The molecule has 1 saturated carbocycles. The third kappa shape index (κ3) is 8.48. The summed E-state index contributed by atoms with van der Waals surface area (Å²) in [4.78, 5) is 54.6. The van der Waals surface area contributed by atoms with Gasteiger partial charge in [-0.15, -0.1) is 0 Å². The van der Waals surface area contributed by atoms with Crippen LogP contribution in [0.5, 0.6) is 0 Å². The smallest absolute Gasteiger partial charge is 0.303 e. The Balaban J connectivity index is 1.65. The average molecular weight is 636 g/mol. The van der Waals surface area contributed by atoms with E-state index in [0.29, 0.717) is 6.02 Å². The monoisotopic (exact) mass is 635 g/mol. The predicted octanol–water partition coefficient (Wildman–Crippen LogP) is -0.0798. The van der Waals surface area contributed by atoms with Crippen LogP contribution in [-0.4, -0.2) is 122 Å². The highest BCUT2D eigenvalue weighted by atomic mass is 16.7. The number of carbonyl (C=O) groups excluding carboxylic acids is 4. The van der Waals surface area contributed by atoms with Gasteiger partial charge in [-0.3, -0.25) is 19.2 Å². The molecule has 4 rings (SSSR count). The van der Waals surface area contributed by atoms with Crippen LogP contribution < -0.4 is 5.32 Å². The van der Waals surface area contributed by atoms with Gasteiger partial charge in [-0.05, 0) is 5.56 Å². The van der Waals surface area contributed by atoms with E-state index in [9.17, 15) is 24.3 Å². The number of hydrogen-bond donors (Lipinski definition) is 2. The van der Waals surface area contributed by atoms with E-state index in [4.69, 9.17) is 33.2 Å². The molecular formula is C30H41N3O12. The zero-order chi connectivity index (χ0) is 32.8. The minimum Gasteiger partial charge on any atom is -0.463 e. The van der Waals surface area contributed by atoms with E-state index in [1.807, 2.05) is 30.3 Å². The van der Waals surface area contributed by atoms with Crippen LogP contribution in [0.3, 0.4) is 0 Å². The average Bonchev–Trinajstić information content (AvgIpc) is 3.50. The summed E-state index contributed by atoms with van der Waals surface area (Å²) in [5.74, 6) is -3.19. The summed E-state index contributed by atoms with van der Waals surface area (Å²) in [6, 6.07) is 7.98. The second kappa shape index (κ2) is 15.0. The lowest BCUT2D eigenvalue weighted by atomic mass is 9.95. The zero-order valence-corrected chi connectivity index (χ0v) is 26.1. The van der Waals surface area contributed by atoms with Gasteiger partial charge < -0.3 is 48.5 Å². The summed E-state index contributed by atoms with van der Waals surface area (Å²) >= 11 is 0. The van der Waals surface area contributed by atoms with Gasteiger partial charge in [-0.2, -0.15) is 0 Å². The molecule has 1 aromatic carbocycles. The van der Waals surface area contributed by atoms with E-state index in [2.05, 4.69) is 10.3 Å². The number of ether oxygens (including phenoxy) is 7. The molecule has 1 saturated heterocycles. The fourth-order valence-corrected chi connectivity index (χ4v) is 5.71. The number of amides is 1. The van der Waals surface area contributed by atoms with Crippen LogP contribution in [0.1, 0.15) is 33.3 Å². The summed E-state index contributed by atoms with van der Waals surface area (Å²) in [6.45, 7) is 4.74. The first-order valence-electron chi connectivity index (χ1n) is 14.6. The molecule has 2 aliphatic heterocycles. The van der Waals surface area contributed by atoms with Crippen molar-refractivity contribution in [3.63, 3.8) is 0 Å². The van der Waals surface area contributed by atoms with Crippen LogP contribution in [0.2, 0.25) is 0 Å². The molecule has 1 aliphatic carbocycles. The number of nitrogens with one attached hydrogen (secondary N) is 1. The van der Waals surface area contributed by atoms with Crippen LogP contribution in [0.25, 0.3) is 0 Å². The van der Waals surface area contributed by atoms with E-state index < -0.39 is 84.7 Å². The standard InChI is InChI=1S/C30H41N3O12/c1-15(34)31-23-28(42-18(4)37)27(41-17(3)36)21(14-40-16(2)35)43-29(23)44-26-20(13-39-12-19-10-8-7-9-11-19)25-22(24(26)38)32-30(45-25)33(5)6/h7-11,20-29,38H,12-14H2,1-6H3,(H,31,34)/t20-,21+,22+,23+,24+,25-,26+,27+,28+,29-/m0/s1. The molecule has 0 spiro atoms. The number of aliphatic hydroxyl groups excluding tert-OH is 1. The molecule has 1 amide bonds. The van der Waals surface area contributed by atoms with Gasteiger partial charge in [0.1, 0.15) is 37.0 Å². The van der Waals surface area contributed by atoms with Crippen molar-refractivity contribution in [2.24, 2.45) is 10.9 Å². The van der Waals surface area contributed by atoms with Gasteiger partial charge in [0.15, 0.2) is 18.5 Å². The first kappa shape index (κ1) is 34.1. The number of esters is 3. The van der Waals surface area contributed by atoms with Crippen molar-refractivity contribution in [1.82, 2.24) is 10.2 Å². The van der Waals surface area contributed by atoms with E-state index in [-0.39, 0.29) is 19.8 Å². The Labute approximate surface area is 261 Å². The molecule has 2 heterocycles. The Morgan fingerprint density at radius 2 is 1.60 bits per heavy atom. The third-order valence-corrected chi connectivity index (χ3v) is 7.53. The first-order valence-corrected chi connectivity index (χ1v) is 14.6. The summed E-state index contributed by atoms with van der Waals surface area (Å²) in [7, 11) is 3.54. The van der Waals surface area contributed by atoms with Crippen molar-refractivity contribution >= 4 is 29.8 Å². The predicted molar refractivity (Wildman–Crippen MR) is 154 cm³/mol. The quantitative estimate of drug-likeness (QED) is 0.244. The maximum absolute atomic E-state index is 12.4. The van der Waals surface area contributed by atoms with Crippen LogP contribution in [0.15, 0.2) is 35.3 Å². The molecule has 0 unspecified atom stereocenters. The number of benzene rings is 1. The Hall–Kier alpha value is -3.79. The number of rotatable bonds is 11. The van der Waals surface area contributed by atoms with E-state index in [1.165, 1.54) is 13.8 Å². The number of aliphatic imine (C=N–C) groups is 1. The second-order valence-electron chi connectivity index (χ2n) is 11.4. The van der Waals surface area contributed by atoms with Gasteiger partial charge in [0.05, 0.1) is 25.2 Å². The SMILES string of the molecule is CC(=O)N[C@H]1[C@H](O[C@H]2[C@H](O)[C@H]3N=C(N(C)C)O[C@H]3[C@@H]2COCc2ccccc2)O[C@H](COC(C)=O)[C@@H](OC(C)=O)[C@@H]1OC(C)=O. The van der Waals surface area contributed by atoms with Gasteiger partial charge in [-0.25, -0.2) is 4.99 Å². The van der Waals surface area contributed by atoms with Crippen molar-refractivity contribution in [1.29, 1.82) is 0 Å². The number of amidine groups is 1. The van der Waals surface area contributed by atoms with E-state index in [1.54, 1.807) is 19.0 Å². The minimum absolute atomic E-state index is 0.103. The van der Waals surface area contributed by atoms with Gasteiger partial charge in [0, 0.05) is 41.8 Å². The lowest BCUT2D eigenvalue weighted by Gasteiger charge is -2.46. The van der Waals surface area contributed by atoms with E-state index in [0.717, 1.165) is 19.4 Å². The molecule has 248 valence electrons. The number of fused-ring (bicyclic) bond motifs is 1. The van der Waals surface area contributed by atoms with Gasteiger partial charge >= 0.3 is 17.9 Å². The topological polar surface area (TPSA) is 181 Å². The summed E-state index contributed by atoms with van der Waals surface area (Å²) in [5, 5.41) is 14.2. The number of nitrogens with zero attached hydrogens (tertiary/aromatic N) is 2. The van der Waals surface area contributed by atoms with Crippen molar-refractivity contribution < 1.29 is 57.4 Å². The minimum atomic E-state index is -1.38. The molecule has 2 fully saturated rings. The normalized spacial score (nSPS) is 32.0. The molecule has 15 nitrogen and oxygen atoms in total. The molecule has 10 atom stereocenters. The van der Waals surface area contributed by atoms with Crippen LogP contribution >= 0.6 is 0 Å². The largest absolute Gasteiger partial charge is 0.463 e. The first-order chi connectivity index (χ1) is 21.3. The number of hydrogen-bond acceptors (Lipinski definition) is 14. The summed E-state index contributed by atoms with van der Waals surface area (Å²) in [6.07, 6.45) is -7.94. The summed E-state index contributed by atoms with van der Waals surface area (Å²) < 4.78 is 41.0. The lowest BCUT2D eigenvalue weighted by molar-refractivity contribution is -0.297. The fourth-order valence-electron chi connectivity index (χ4n) is 5.71.